The predicted molar refractivity (Wildman–Crippen MR) is 79.8 cm³/mol. The van der Waals surface area contributed by atoms with Gasteiger partial charge in [0.25, 0.3) is 0 Å². The molecule has 0 saturated heterocycles. The number of carbonyl (C=O) groups is 1. The zero-order chi connectivity index (χ0) is 17.4. The number of allylic oxidation sites excluding steroid dienone is 4. The summed E-state index contributed by atoms with van der Waals surface area (Å²) in [6, 6.07) is 5.80. The molecule has 0 radical (unpaired) electrons. The second kappa shape index (κ2) is 6.13. The third-order valence-corrected chi connectivity index (χ3v) is 4.36. The lowest BCUT2D eigenvalue weighted by atomic mass is 9.83. The third-order valence-electron chi connectivity index (χ3n) is 3.41. The van der Waals surface area contributed by atoms with E-state index < -0.39 is 28.7 Å². The first kappa shape index (κ1) is 17.2. The van der Waals surface area contributed by atoms with Gasteiger partial charge in [0, 0.05) is 11.2 Å². The van der Waals surface area contributed by atoms with E-state index in [1.807, 2.05) is 6.07 Å². The third kappa shape index (κ3) is 3.42. The number of hydrogen-bond donors (Lipinski definition) is 0. The summed E-state index contributed by atoms with van der Waals surface area (Å²) in [5.74, 6) is -3.34. The minimum absolute atomic E-state index is 0.0768. The molecule has 120 valence electrons. The average Bonchev–Trinajstić information content (AvgIpc) is 2.44. The van der Waals surface area contributed by atoms with Crippen molar-refractivity contribution in [1.82, 2.24) is 0 Å². The molecule has 0 spiro atoms. The second-order valence-corrected chi connectivity index (χ2v) is 6.49. The first-order chi connectivity index (χ1) is 10.6. The highest BCUT2D eigenvalue weighted by molar-refractivity contribution is 7.84. The number of halogens is 3. The minimum atomic E-state index is -4.75. The Morgan fingerprint density at radius 2 is 1.91 bits per heavy atom. The van der Waals surface area contributed by atoms with E-state index in [0.717, 1.165) is 6.08 Å². The number of alkyl halides is 3. The molecule has 2 atom stereocenters. The molecule has 23 heavy (non-hydrogen) atoms. The van der Waals surface area contributed by atoms with Gasteiger partial charge in [0.15, 0.2) is 5.78 Å². The number of nitrogens with zero attached hydrogens (tertiary/aromatic N) is 1. The molecular weight excluding hydrogens is 327 g/mol. The Morgan fingerprint density at radius 1 is 1.26 bits per heavy atom. The van der Waals surface area contributed by atoms with Crippen LogP contribution in [0.3, 0.4) is 0 Å². The molecule has 2 rings (SSSR count). The number of rotatable bonds is 2. The Labute approximate surface area is 133 Å². The van der Waals surface area contributed by atoms with Crippen LogP contribution in [0, 0.1) is 17.2 Å². The SMILES string of the molecule is CC1=CC(=O)C(C(F)(F)F)C(c2ccc(C#N)cc2[S@](C)=O)=C1. The smallest absolute Gasteiger partial charge is 0.294 e. The second-order valence-electron chi connectivity index (χ2n) is 5.14. The molecule has 1 unspecified atom stereocenters. The molecule has 0 aromatic heterocycles. The van der Waals surface area contributed by atoms with E-state index in [1.54, 1.807) is 0 Å². The lowest BCUT2D eigenvalue weighted by Gasteiger charge is -2.25. The summed E-state index contributed by atoms with van der Waals surface area (Å²) >= 11 is 0. The van der Waals surface area contributed by atoms with Gasteiger partial charge in [0.05, 0.1) is 22.4 Å². The van der Waals surface area contributed by atoms with Crippen LogP contribution in [-0.2, 0) is 15.6 Å². The van der Waals surface area contributed by atoms with Crippen molar-refractivity contribution in [2.24, 2.45) is 5.92 Å². The maximum absolute atomic E-state index is 13.3. The Balaban J connectivity index is 2.72. The Hall–Kier alpha value is -2.20. The van der Waals surface area contributed by atoms with E-state index in [-0.39, 0.29) is 21.6 Å². The molecule has 0 amide bonds. The Morgan fingerprint density at radius 3 is 2.43 bits per heavy atom. The summed E-state index contributed by atoms with van der Waals surface area (Å²) in [7, 11) is -1.61. The van der Waals surface area contributed by atoms with Crippen LogP contribution in [0.5, 0.6) is 0 Å². The van der Waals surface area contributed by atoms with Crippen molar-refractivity contribution in [3.8, 4) is 6.07 Å². The van der Waals surface area contributed by atoms with Gasteiger partial charge in [-0.1, -0.05) is 12.1 Å². The van der Waals surface area contributed by atoms with Crippen molar-refractivity contribution < 1.29 is 22.2 Å². The van der Waals surface area contributed by atoms with Crippen LogP contribution < -0.4 is 0 Å². The van der Waals surface area contributed by atoms with Crippen molar-refractivity contribution in [1.29, 1.82) is 5.26 Å². The van der Waals surface area contributed by atoms with Crippen molar-refractivity contribution in [3.63, 3.8) is 0 Å². The average molecular weight is 339 g/mol. The number of benzene rings is 1. The fourth-order valence-electron chi connectivity index (χ4n) is 2.47. The first-order valence-corrected chi connectivity index (χ1v) is 8.09. The summed E-state index contributed by atoms with van der Waals surface area (Å²) < 4.78 is 51.8. The van der Waals surface area contributed by atoms with Crippen molar-refractivity contribution >= 4 is 22.2 Å². The predicted octanol–water partition coefficient (Wildman–Crippen LogP) is 3.39. The molecule has 0 saturated carbocycles. The van der Waals surface area contributed by atoms with E-state index in [2.05, 4.69) is 0 Å². The van der Waals surface area contributed by atoms with E-state index in [4.69, 9.17) is 5.26 Å². The van der Waals surface area contributed by atoms with Gasteiger partial charge in [0.1, 0.15) is 5.92 Å². The monoisotopic (exact) mass is 339 g/mol. The molecule has 1 aliphatic carbocycles. The van der Waals surface area contributed by atoms with Crippen LogP contribution >= 0.6 is 0 Å². The Kier molecular flexibility index (Phi) is 4.57. The van der Waals surface area contributed by atoms with Gasteiger partial charge in [-0.2, -0.15) is 18.4 Å². The lowest BCUT2D eigenvalue weighted by molar-refractivity contribution is -0.166. The fourth-order valence-corrected chi connectivity index (χ4v) is 3.26. The van der Waals surface area contributed by atoms with Crippen LogP contribution in [-0.4, -0.2) is 22.4 Å². The van der Waals surface area contributed by atoms with Crippen LogP contribution in [0.2, 0.25) is 0 Å². The molecule has 0 bridgehead atoms. The quantitative estimate of drug-likeness (QED) is 0.830. The van der Waals surface area contributed by atoms with Gasteiger partial charge in [-0.25, -0.2) is 0 Å². The summed E-state index contributed by atoms with van der Waals surface area (Å²) in [6.45, 7) is 1.52. The Bertz CT molecular complexity index is 801. The fraction of sp³-hybridized carbons (Fsp3) is 0.250. The summed E-state index contributed by atoms with van der Waals surface area (Å²) in [6.07, 6.45) is -1.21. The van der Waals surface area contributed by atoms with Crippen LogP contribution in [0.25, 0.3) is 5.57 Å². The largest absolute Gasteiger partial charge is 0.402 e. The molecule has 0 aliphatic heterocycles. The normalized spacial score (nSPS) is 19.7. The minimum Gasteiger partial charge on any atom is -0.294 e. The first-order valence-electron chi connectivity index (χ1n) is 6.53. The molecule has 1 aromatic rings. The highest BCUT2D eigenvalue weighted by atomic mass is 32.2. The van der Waals surface area contributed by atoms with Gasteiger partial charge >= 0.3 is 6.18 Å². The molecule has 3 nitrogen and oxygen atoms in total. The molecule has 1 aliphatic rings. The zero-order valence-corrected chi connectivity index (χ0v) is 13.1. The standard InChI is InChI=1S/C16H12F3NO2S/c1-9-5-12(15(13(21)6-9)16(17,18)19)11-4-3-10(8-20)7-14(11)23(2)22/h3-7,15H,1-2H3/t15?,23-/m0/s1. The van der Waals surface area contributed by atoms with E-state index in [9.17, 15) is 22.2 Å². The number of carbonyl (C=O) groups excluding carboxylic acids is 1. The molecule has 0 N–H and O–H groups in total. The highest BCUT2D eigenvalue weighted by Crippen LogP contribution is 2.42. The van der Waals surface area contributed by atoms with E-state index in [0.29, 0.717) is 5.57 Å². The van der Waals surface area contributed by atoms with Crippen molar-refractivity contribution in [2.45, 2.75) is 18.0 Å². The number of nitriles is 1. The van der Waals surface area contributed by atoms with Crippen molar-refractivity contribution in [3.05, 3.63) is 47.1 Å². The molecular formula is C16H12F3NO2S. The molecule has 0 fully saturated rings. The number of ketones is 1. The summed E-state index contributed by atoms with van der Waals surface area (Å²) in [5.41, 5.74) is 0.422. The maximum atomic E-state index is 13.3. The maximum Gasteiger partial charge on any atom is 0.402 e. The van der Waals surface area contributed by atoms with Gasteiger partial charge in [-0.3, -0.25) is 9.00 Å². The van der Waals surface area contributed by atoms with Gasteiger partial charge in [-0.05, 0) is 41.8 Å². The lowest BCUT2D eigenvalue weighted by Crippen LogP contribution is -2.32. The number of hydrogen-bond acceptors (Lipinski definition) is 3. The van der Waals surface area contributed by atoms with Crippen LogP contribution in [0.1, 0.15) is 18.1 Å². The van der Waals surface area contributed by atoms with Gasteiger partial charge < -0.3 is 0 Å². The van der Waals surface area contributed by atoms with E-state index >= 15 is 0 Å². The summed E-state index contributed by atoms with van der Waals surface area (Å²) in [4.78, 5) is 12.0. The molecule has 7 heteroatoms. The van der Waals surface area contributed by atoms with Crippen LogP contribution in [0.4, 0.5) is 13.2 Å². The van der Waals surface area contributed by atoms with Crippen LogP contribution in [0.15, 0.2) is 40.8 Å². The van der Waals surface area contributed by atoms with E-state index in [1.165, 1.54) is 37.5 Å². The van der Waals surface area contributed by atoms with Gasteiger partial charge in [-0.15, -0.1) is 0 Å². The topological polar surface area (TPSA) is 57.9 Å². The van der Waals surface area contributed by atoms with Crippen molar-refractivity contribution in [2.75, 3.05) is 6.26 Å². The molecule has 1 aromatic carbocycles. The van der Waals surface area contributed by atoms with Gasteiger partial charge in [0.2, 0.25) is 0 Å². The summed E-state index contributed by atoms with van der Waals surface area (Å²) in [5, 5.41) is 8.90. The molecule has 0 heterocycles. The highest BCUT2D eigenvalue weighted by Gasteiger charge is 2.48. The zero-order valence-electron chi connectivity index (χ0n) is 12.3.